The highest BCUT2D eigenvalue weighted by Crippen LogP contribution is 2.27. The molecule has 1 atom stereocenters. The van der Waals surface area contributed by atoms with Crippen LogP contribution in [0, 0.1) is 0 Å². The number of methoxy groups -OCH3 is 2. The standard InChI is InChI=1S/C21H23NO7/c1-14(21(25)22-11-15-4-7-17(26-2)8-5-15)29-20(24)13-28-18-9-6-16(12-23)10-19(18)27-3/h4-10,12,14H,11,13H2,1-3H3,(H,22,25)/t14-/m1/s1. The van der Waals surface area contributed by atoms with Crippen LogP contribution in [0.5, 0.6) is 17.2 Å². The second-order valence-corrected chi connectivity index (χ2v) is 6.01. The molecule has 8 nitrogen and oxygen atoms in total. The summed E-state index contributed by atoms with van der Waals surface area (Å²) in [6.07, 6.45) is -0.309. The molecular weight excluding hydrogens is 378 g/mol. The topological polar surface area (TPSA) is 100 Å². The van der Waals surface area contributed by atoms with Crippen molar-refractivity contribution in [2.75, 3.05) is 20.8 Å². The zero-order valence-electron chi connectivity index (χ0n) is 16.5. The Morgan fingerprint density at radius 1 is 1.03 bits per heavy atom. The Morgan fingerprint density at radius 2 is 1.76 bits per heavy atom. The first-order valence-electron chi connectivity index (χ1n) is 8.83. The minimum atomic E-state index is -0.983. The lowest BCUT2D eigenvalue weighted by Crippen LogP contribution is -2.36. The highest BCUT2D eigenvalue weighted by Gasteiger charge is 2.18. The molecule has 0 aromatic heterocycles. The van der Waals surface area contributed by atoms with E-state index in [4.69, 9.17) is 18.9 Å². The number of esters is 1. The average molecular weight is 401 g/mol. The zero-order chi connectivity index (χ0) is 21.2. The Balaban J connectivity index is 1.80. The number of rotatable bonds is 10. The molecule has 0 unspecified atom stereocenters. The predicted molar refractivity (Wildman–Crippen MR) is 104 cm³/mol. The zero-order valence-corrected chi connectivity index (χ0v) is 16.5. The molecule has 0 saturated heterocycles. The molecule has 2 rings (SSSR count). The number of aldehydes is 1. The number of hydrogen-bond donors (Lipinski definition) is 1. The van der Waals surface area contributed by atoms with Crippen molar-refractivity contribution >= 4 is 18.2 Å². The van der Waals surface area contributed by atoms with E-state index in [2.05, 4.69) is 5.32 Å². The van der Waals surface area contributed by atoms with Crippen LogP contribution in [0.4, 0.5) is 0 Å². The molecule has 29 heavy (non-hydrogen) atoms. The van der Waals surface area contributed by atoms with Crippen molar-refractivity contribution in [2.24, 2.45) is 0 Å². The Hall–Kier alpha value is -3.55. The minimum Gasteiger partial charge on any atom is -0.497 e. The highest BCUT2D eigenvalue weighted by atomic mass is 16.6. The van der Waals surface area contributed by atoms with E-state index in [0.717, 1.165) is 11.3 Å². The van der Waals surface area contributed by atoms with Crippen LogP contribution in [-0.2, 0) is 20.9 Å². The van der Waals surface area contributed by atoms with Crippen LogP contribution in [0.2, 0.25) is 0 Å². The van der Waals surface area contributed by atoms with E-state index >= 15 is 0 Å². The van der Waals surface area contributed by atoms with Crippen LogP contribution in [0.3, 0.4) is 0 Å². The van der Waals surface area contributed by atoms with Crippen LogP contribution in [0.1, 0.15) is 22.8 Å². The van der Waals surface area contributed by atoms with Crippen LogP contribution in [0.25, 0.3) is 0 Å². The minimum absolute atomic E-state index is 0.284. The first-order chi connectivity index (χ1) is 14.0. The predicted octanol–water partition coefficient (Wildman–Crippen LogP) is 2.14. The van der Waals surface area contributed by atoms with E-state index in [0.29, 0.717) is 24.1 Å². The van der Waals surface area contributed by atoms with Gasteiger partial charge >= 0.3 is 5.97 Å². The third kappa shape index (κ3) is 6.53. The maximum atomic E-state index is 12.1. The van der Waals surface area contributed by atoms with E-state index in [-0.39, 0.29) is 5.75 Å². The van der Waals surface area contributed by atoms with Gasteiger partial charge < -0.3 is 24.3 Å². The smallest absolute Gasteiger partial charge is 0.344 e. The quantitative estimate of drug-likeness (QED) is 0.481. The number of hydrogen-bond acceptors (Lipinski definition) is 7. The molecule has 0 bridgehead atoms. The SMILES string of the molecule is COc1ccc(CNC(=O)[C@@H](C)OC(=O)COc2ccc(C=O)cc2OC)cc1. The molecule has 0 aliphatic carbocycles. The summed E-state index contributed by atoms with van der Waals surface area (Å²) in [5, 5.41) is 2.70. The molecule has 0 aliphatic heterocycles. The van der Waals surface area contributed by atoms with Gasteiger partial charge in [0.15, 0.2) is 24.2 Å². The summed E-state index contributed by atoms with van der Waals surface area (Å²) in [6.45, 7) is 1.36. The Morgan fingerprint density at radius 3 is 2.38 bits per heavy atom. The molecule has 154 valence electrons. The fraction of sp³-hybridized carbons (Fsp3) is 0.286. The molecule has 1 N–H and O–H groups in total. The molecule has 2 aromatic carbocycles. The number of carbonyl (C=O) groups is 3. The lowest BCUT2D eigenvalue weighted by molar-refractivity contribution is -0.156. The number of amides is 1. The molecular formula is C21H23NO7. The van der Waals surface area contributed by atoms with Gasteiger partial charge in [0, 0.05) is 12.1 Å². The fourth-order valence-electron chi connectivity index (χ4n) is 2.37. The van der Waals surface area contributed by atoms with Gasteiger partial charge in [-0.25, -0.2) is 4.79 Å². The molecule has 2 aromatic rings. The third-order valence-corrected chi connectivity index (χ3v) is 3.97. The van der Waals surface area contributed by atoms with Gasteiger partial charge in [-0.05, 0) is 42.8 Å². The third-order valence-electron chi connectivity index (χ3n) is 3.97. The van der Waals surface area contributed by atoms with Gasteiger partial charge in [-0.2, -0.15) is 0 Å². The summed E-state index contributed by atoms with van der Waals surface area (Å²) in [5.74, 6) is 0.180. The van der Waals surface area contributed by atoms with Gasteiger partial charge in [-0.1, -0.05) is 12.1 Å². The molecule has 0 aliphatic rings. The van der Waals surface area contributed by atoms with Crippen LogP contribution >= 0.6 is 0 Å². The summed E-state index contributed by atoms with van der Waals surface area (Å²) in [7, 11) is 3.00. The van der Waals surface area contributed by atoms with Crippen LogP contribution in [-0.4, -0.2) is 45.1 Å². The Kier molecular flexibility index (Phi) is 8.02. The van der Waals surface area contributed by atoms with Gasteiger partial charge in [0.25, 0.3) is 5.91 Å². The largest absolute Gasteiger partial charge is 0.497 e. The van der Waals surface area contributed by atoms with Crippen molar-refractivity contribution in [1.82, 2.24) is 5.32 Å². The molecule has 8 heteroatoms. The first-order valence-corrected chi connectivity index (χ1v) is 8.83. The lowest BCUT2D eigenvalue weighted by Gasteiger charge is -2.15. The molecule has 0 spiro atoms. The molecule has 0 saturated carbocycles. The van der Waals surface area contributed by atoms with E-state index < -0.39 is 24.6 Å². The summed E-state index contributed by atoms with van der Waals surface area (Å²) in [4.78, 5) is 34.9. The Labute approximate surface area is 168 Å². The monoisotopic (exact) mass is 401 g/mol. The van der Waals surface area contributed by atoms with Gasteiger partial charge in [-0.3, -0.25) is 9.59 Å². The number of ether oxygens (including phenoxy) is 4. The van der Waals surface area contributed by atoms with E-state index in [1.807, 2.05) is 12.1 Å². The Bertz CT molecular complexity index is 849. The highest BCUT2D eigenvalue weighted by molar-refractivity contribution is 5.83. The molecule has 0 heterocycles. The molecule has 1 amide bonds. The molecule has 0 radical (unpaired) electrons. The van der Waals surface area contributed by atoms with E-state index in [1.54, 1.807) is 19.2 Å². The van der Waals surface area contributed by atoms with Gasteiger partial charge in [0.1, 0.15) is 12.0 Å². The van der Waals surface area contributed by atoms with Crippen molar-refractivity contribution in [3.63, 3.8) is 0 Å². The maximum Gasteiger partial charge on any atom is 0.344 e. The van der Waals surface area contributed by atoms with Crippen molar-refractivity contribution in [2.45, 2.75) is 19.6 Å². The number of carbonyl (C=O) groups excluding carboxylic acids is 3. The fourth-order valence-corrected chi connectivity index (χ4v) is 2.37. The summed E-state index contributed by atoms with van der Waals surface area (Å²) in [5.41, 5.74) is 1.30. The van der Waals surface area contributed by atoms with Crippen LogP contribution < -0.4 is 19.5 Å². The van der Waals surface area contributed by atoms with Gasteiger partial charge in [0.2, 0.25) is 0 Å². The first kappa shape index (κ1) is 21.7. The summed E-state index contributed by atoms with van der Waals surface area (Å²) in [6, 6.07) is 11.8. The van der Waals surface area contributed by atoms with Crippen molar-refractivity contribution in [1.29, 1.82) is 0 Å². The summed E-state index contributed by atoms with van der Waals surface area (Å²) < 4.78 is 20.6. The van der Waals surface area contributed by atoms with Gasteiger partial charge in [-0.15, -0.1) is 0 Å². The average Bonchev–Trinajstić information content (AvgIpc) is 2.76. The van der Waals surface area contributed by atoms with Crippen molar-refractivity contribution in [3.8, 4) is 17.2 Å². The summed E-state index contributed by atoms with van der Waals surface area (Å²) >= 11 is 0. The molecule has 0 fully saturated rings. The lowest BCUT2D eigenvalue weighted by atomic mass is 10.2. The maximum absolute atomic E-state index is 12.1. The van der Waals surface area contributed by atoms with Crippen LogP contribution in [0.15, 0.2) is 42.5 Å². The number of nitrogens with one attached hydrogen (secondary N) is 1. The normalized spacial score (nSPS) is 11.1. The van der Waals surface area contributed by atoms with E-state index in [9.17, 15) is 14.4 Å². The van der Waals surface area contributed by atoms with Gasteiger partial charge in [0.05, 0.1) is 14.2 Å². The van der Waals surface area contributed by atoms with E-state index in [1.165, 1.54) is 32.2 Å². The van der Waals surface area contributed by atoms with Crippen molar-refractivity contribution < 1.29 is 33.3 Å². The second-order valence-electron chi connectivity index (χ2n) is 6.01. The second kappa shape index (κ2) is 10.7. The number of benzene rings is 2. The van der Waals surface area contributed by atoms with Crippen molar-refractivity contribution in [3.05, 3.63) is 53.6 Å².